The zero-order valence-corrected chi connectivity index (χ0v) is 16.2. The van der Waals surface area contributed by atoms with Gasteiger partial charge < -0.3 is 20.7 Å². The monoisotopic (exact) mass is 392 g/mol. The number of carbonyl (C=O) groups is 1. The van der Waals surface area contributed by atoms with E-state index in [1.807, 2.05) is 37.3 Å². The van der Waals surface area contributed by atoms with E-state index in [-0.39, 0.29) is 17.3 Å². The van der Waals surface area contributed by atoms with Crippen LogP contribution in [0.25, 0.3) is 0 Å². The third-order valence-electron chi connectivity index (χ3n) is 4.53. The molecule has 0 spiro atoms. The molecule has 3 aromatic rings. The molecule has 0 saturated heterocycles. The molecule has 2 aromatic carbocycles. The van der Waals surface area contributed by atoms with Crippen LogP contribution in [0.4, 0.5) is 4.79 Å². The minimum Gasteiger partial charge on any atom is -0.508 e. The van der Waals surface area contributed by atoms with Crippen molar-refractivity contribution in [3.8, 4) is 5.75 Å². The van der Waals surface area contributed by atoms with Gasteiger partial charge in [0.15, 0.2) is 0 Å². The summed E-state index contributed by atoms with van der Waals surface area (Å²) in [7, 11) is 0. The van der Waals surface area contributed by atoms with Gasteiger partial charge in [-0.3, -0.25) is 9.78 Å². The largest absolute Gasteiger partial charge is 0.508 e. The van der Waals surface area contributed by atoms with Crippen LogP contribution in [-0.2, 0) is 19.4 Å². The van der Waals surface area contributed by atoms with Crippen molar-refractivity contribution in [3.05, 3.63) is 93.2 Å². The van der Waals surface area contributed by atoms with Gasteiger partial charge in [0.1, 0.15) is 11.4 Å². The molecule has 1 heterocycles. The first-order chi connectivity index (χ1) is 14.0. The lowest BCUT2D eigenvalue weighted by molar-refractivity contribution is 0.240. The van der Waals surface area contributed by atoms with E-state index in [0.717, 1.165) is 22.5 Å². The van der Waals surface area contributed by atoms with Crippen LogP contribution in [-0.4, -0.2) is 27.7 Å². The number of aryl methyl sites for hydroxylation is 1. The van der Waals surface area contributed by atoms with Gasteiger partial charge in [-0.1, -0.05) is 42.5 Å². The fraction of sp³-hybridized carbons (Fsp3) is 0.227. The van der Waals surface area contributed by atoms with E-state index in [2.05, 4.69) is 20.6 Å². The highest BCUT2D eigenvalue weighted by atomic mass is 16.3. The van der Waals surface area contributed by atoms with Crippen LogP contribution in [0.1, 0.15) is 28.2 Å². The van der Waals surface area contributed by atoms with Crippen molar-refractivity contribution in [2.24, 2.45) is 0 Å². The number of aromatic amines is 1. The van der Waals surface area contributed by atoms with Crippen LogP contribution in [0.5, 0.6) is 5.75 Å². The second-order valence-electron chi connectivity index (χ2n) is 6.76. The van der Waals surface area contributed by atoms with Gasteiger partial charge in [0.25, 0.3) is 5.56 Å². The van der Waals surface area contributed by atoms with E-state index < -0.39 is 0 Å². The van der Waals surface area contributed by atoms with Crippen LogP contribution in [0.15, 0.2) is 59.4 Å². The van der Waals surface area contributed by atoms with E-state index in [1.165, 1.54) is 0 Å². The Balaban J connectivity index is 1.50. The Bertz CT molecular complexity index is 1010. The molecular formula is C22H24N4O3. The van der Waals surface area contributed by atoms with Gasteiger partial charge >= 0.3 is 6.03 Å². The van der Waals surface area contributed by atoms with Crippen molar-refractivity contribution < 1.29 is 9.90 Å². The Morgan fingerprint density at radius 3 is 2.48 bits per heavy atom. The number of phenolic OH excluding ortho intramolecular Hbond substituents is 1. The van der Waals surface area contributed by atoms with Gasteiger partial charge in [-0.2, -0.15) is 0 Å². The summed E-state index contributed by atoms with van der Waals surface area (Å²) >= 11 is 0. The highest BCUT2D eigenvalue weighted by Crippen LogP contribution is 2.10. The average molecular weight is 392 g/mol. The Labute approximate surface area is 168 Å². The first kappa shape index (κ1) is 20.1. The predicted molar refractivity (Wildman–Crippen MR) is 111 cm³/mol. The fourth-order valence-electron chi connectivity index (χ4n) is 2.91. The standard InChI is InChI=1S/C22H24N4O3/c1-15-20(13-16-5-3-2-4-6-16)26-21(28)19(25-15)11-12-23-22(29)24-14-17-7-9-18(27)10-8-17/h2-10,27H,11-14H2,1H3,(H,26,28)(H2,23,24,29). The number of aromatic nitrogens is 2. The molecular weight excluding hydrogens is 368 g/mol. The van der Waals surface area contributed by atoms with Gasteiger partial charge in [0.2, 0.25) is 0 Å². The summed E-state index contributed by atoms with van der Waals surface area (Å²) in [5.41, 5.74) is 3.73. The van der Waals surface area contributed by atoms with Crippen LogP contribution in [0, 0.1) is 6.92 Å². The number of urea groups is 1. The lowest BCUT2D eigenvalue weighted by atomic mass is 10.1. The van der Waals surface area contributed by atoms with E-state index in [4.69, 9.17) is 0 Å². The molecule has 0 fully saturated rings. The molecule has 2 amide bonds. The topological polar surface area (TPSA) is 107 Å². The van der Waals surface area contributed by atoms with Gasteiger partial charge in [-0.15, -0.1) is 0 Å². The first-order valence-corrected chi connectivity index (χ1v) is 9.43. The van der Waals surface area contributed by atoms with Gasteiger partial charge in [0, 0.05) is 31.6 Å². The Morgan fingerprint density at radius 2 is 1.76 bits per heavy atom. The van der Waals surface area contributed by atoms with Crippen molar-refractivity contribution >= 4 is 6.03 Å². The van der Waals surface area contributed by atoms with Crippen molar-refractivity contribution in [3.63, 3.8) is 0 Å². The first-order valence-electron chi connectivity index (χ1n) is 9.43. The number of phenols is 1. The molecule has 7 nitrogen and oxygen atoms in total. The maximum atomic E-state index is 12.3. The molecule has 4 N–H and O–H groups in total. The minimum atomic E-state index is -0.327. The SMILES string of the molecule is Cc1nc(CCNC(=O)NCc2ccc(O)cc2)c(=O)[nH]c1Cc1ccccc1. The molecule has 7 heteroatoms. The number of hydrogen-bond acceptors (Lipinski definition) is 4. The second-order valence-corrected chi connectivity index (χ2v) is 6.76. The lowest BCUT2D eigenvalue weighted by Gasteiger charge is -2.09. The summed E-state index contributed by atoms with van der Waals surface area (Å²) in [6, 6.07) is 16.2. The smallest absolute Gasteiger partial charge is 0.315 e. The number of aromatic hydroxyl groups is 1. The molecule has 29 heavy (non-hydrogen) atoms. The molecule has 150 valence electrons. The molecule has 0 bridgehead atoms. The third-order valence-corrected chi connectivity index (χ3v) is 4.53. The Morgan fingerprint density at radius 1 is 1.03 bits per heavy atom. The molecule has 0 saturated carbocycles. The Hall–Kier alpha value is -3.61. The molecule has 0 atom stereocenters. The van der Waals surface area contributed by atoms with Crippen molar-refractivity contribution in [1.29, 1.82) is 0 Å². The normalized spacial score (nSPS) is 10.5. The average Bonchev–Trinajstić information content (AvgIpc) is 2.72. The van der Waals surface area contributed by atoms with Gasteiger partial charge in [-0.05, 0) is 30.2 Å². The highest BCUT2D eigenvalue weighted by molar-refractivity contribution is 5.73. The number of benzene rings is 2. The van der Waals surface area contributed by atoms with E-state index >= 15 is 0 Å². The van der Waals surface area contributed by atoms with Crippen LogP contribution < -0.4 is 16.2 Å². The number of nitrogens with one attached hydrogen (secondary N) is 3. The van der Waals surface area contributed by atoms with Crippen molar-refractivity contribution in [2.75, 3.05) is 6.54 Å². The van der Waals surface area contributed by atoms with Crippen LogP contribution >= 0.6 is 0 Å². The summed E-state index contributed by atoms with van der Waals surface area (Å²) in [4.78, 5) is 31.6. The lowest BCUT2D eigenvalue weighted by Crippen LogP contribution is -2.37. The number of rotatable bonds is 7. The van der Waals surface area contributed by atoms with Crippen molar-refractivity contribution in [1.82, 2.24) is 20.6 Å². The maximum absolute atomic E-state index is 12.3. The molecule has 0 radical (unpaired) electrons. The van der Waals surface area contributed by atoms with E-state index in [1.54, 1.807) is 24.3 Å². The summed E-state index contributed by atoms with van der Waals surface area (Å²) < 4.78 is 0. The zero-order valence-electron chi connectivity index (χ0n) is 16.2. The third kappa shape index (κ3) is 5.93. The summed E-state index contributed by atoms with van der Waals surface area (Å²) in [6.07, 6.45) is 0.960. The number of amides is 2. The fourth-order valence-corrected chi connectivity index (χ4v) is 2.91. The number of hydrogen-bond donors (Lipinski definition) is 4. The minimum absolute atomic E-state index is 0.181. The quantitative estimate of drug-likeness (QED) is 0.495. The molecule has 0 aliphatic heterocycles. The molecule has 1 aromatic heterocycles. The second kappa shape index (κ2) is 9.54. The van der Waals surface area contributed by atoms with E-state index in [9.17, 15) is 14.7 Å². The number of H-pyrrole nitrogens is 1. The highest BCUT2D eigenvalue weighted by Gasteiger charge is 2.09. The Kier molecular flexibility index (Phi) is 6.63. The molecule has 3 rings (SSSR count). The maximum Gasteiger partial charge on any atom is 0.315 e. The van der Waals surface area contributed by atoms with Crippen LogP contribution in [0.2, 0.25) is 0 Å². The summed E-state index contributed by atoms with van der Waals surface area (Å²) in [5.74, 6) is 0.181. The molecule has 0 aliphatic carbocycles. The summed E-state index contributed by atoms with van der Waals surface area (Å²) in [5, 5.41) is 14.7. The predicted octanol–water partition coefficient (Wildman–Crippen LogP) is 2.42. The van der Waals surface area contributed by atoms with Crippen molar-refractivity contribution in [2.45, 2.75) is 26.3 Å². The number of carbonyl (C=O) groups excluding carboxylic acids is 1. The van der Waals surface area contributed by atoms with Gasteiger partial charge in [-0.25, -0.2) is 4.79 Å². The number of nitrogens with zero attached hydrogens (tertiary/aromatic N) is 1. The van der Waals surface area contributed by atoms with Crippen LogP contribution in [0.3, 0.4) is 0 Å². The van der Waals surface area contributed by atoms with Gasteiger partial charge in [0.05, 0.1) is 5.69 Å². The zero-order chi connectivity index (χ0) is 20.6. The van der Waals surface area contributed by atoms with E-state index in [0.29, 0.717) is 31.6 Å². The summed E-state index contributed by atoms with van der Waals surface area (Å²) in [6.45, 7) is 2.52. The molecule has 0 aliphatic rings. The molecule has 0 unspecified atom stereocenters.